The summed E-state index contributed by atoms with van der Waals surface area (Å²) in [6.07, 6.45) is 1.41. The van der Waals surface area contributed by atoms with Crippen LogP contribution in [0, 0.1) is 0 Å². The lowest BCUT2D eigenvalue weighted by Gasteiger charge is -2.07. The number of carbonyl (C=O) groups excluding carboxylic acids is 2. The van der Waals surface area contributed by atoms with E-state index in [1.807, 2.05) is 48.5 Å². The van der Waals surface area contributed by atoms with Crippen LogP contribution in [-0.4, -0.2) is 17.6 Å². The van der Waals surface area contributed by atoms with Gasteiger partial charge in [0.05, 0.1) is 6.42 Å². The molecular formula is C18H20N2O2S. The number of carbonyl (C=O) groups is 2. The summed E-state index contributed by atoms with van der Waals surface area (Å²) in [4.78, 5) is 24.6. The molecule has 0 unspecified atom stereocenters. The van der Waals surface area contributed by atoms with Crippen molar-refractivity contribution in [2.24, 2.45) is 0 Å². The van der Waals surface area contributed by atoms with Crippen molar-refractivity contribution in [2.45, 2.75) is 24.2 Å². The molecule has 0 heterocycles. The van der Waals surface area contributed by atoms with Gasteiger partial charge in [-0.2, -0.15) is 0 Å². The summed E-state index contributed by atoms with van der Waals surface area (Å²) in [5, 5.41) is 0. The first-order valence-electron chi connectivity index (χ1n) is 7.53. The fourth-order valence-corrected chi connectivity index (χ4v) is 2.84. The highest BCUT2D eigenvalue weighted by atomic mass is 32.2. The Morgan fingerprint density at radius 3 is 2.13 bits per heavy atom. The fourth-order valence-electron chi connectivity index (χ4n) is 1.97. The van der Waals surface area contributed by atoms with E-state index in [2.05, 4.69) is 23.0 Å². The third-order valence-electron chi connectivity index (χ3n) is 3.11. The summed E-state index contributed by atoms with van der Waals surface area (Å²) in [6, 6.07) is 19.5. The van der Waals surface area contributed by atoms with Crippen molar-refractivity contribution in [1.82, 2.24) is 10.9 Å². The van der Waals surface area contributed by atoms with E-state index in [9.17, 15) is 9.59 Å². The molecule has 0 atom stereocenters. The maximum absolute atomic E-state index is 11.7. The number of hydrogen-bond donors (Lipinski definition) is 2. The lowest BCUT2D eigenvalue weighted by Crippen LogP contribution is -2.42. The van der Waals surface area contributed by atoms with Crippen molar-refractivity contribution in [3.8, 4) is 0 Å². The van der Waals surface area contributed by atoms with Gasteiger partial charge in [-0.15, -0.1) is 11.8 Å². The van der Waals surface area contributed by atoms with Crippen LogP contribution in [0.2, 0.25) is 0 Å². The molecule has 2 aromatic rings. The minimum atomic E-state index is -0.219. The number of amides is 2. The fraction of sp³-hybridized carbons (Fsp3) is 0.222. The summed E-state index contributed by atoms with van der Waals surface area (Å²) in [5.74, 6) is 0.485. The largest absolute Gasteiger partial charge is 0.273 e. The number of hydrazine groups is 1. The van der Waals surface area contributed by atoms with Gasteiger partial charge < -0.3 is 0 Å². The first kappa shape index (κ1) is 17.1. The van der Waals surface area contributed by atoms with E-state index < -0.39 is 0 Å². The van der Waals surface area contributed by atoms with Gasteiger partial charge in [0.15, 0.2) is 0 Å². The van der Waals surface area contributed by atoms with Gasteiger partial charge in [0.25, 0.3) is 0 Å². The van der Waals surface area contributed by atoms with Crippen LogP contribution < -0.4 is 10.9 Å². The molecular weight excluding hydrogens is 308 g/mol. The molecule has 0 radical (unpaired) electrons. The Labute approximate surface area is 140 Å². The summed E-state index contributed by atoms with van der Waals surface area (Å²) < 4.78 is 0. The van der Waals surface area contributed by atoms with E-state index >= 15 is 0 Å². The third-order valence-corrected chi connectivity index (χ3v) is 4.21. The van der Waals surface area contributed by atoms with Gasteiger partial charge in [0, 0.05) is 11.3 Å². The van der Waals surface area contributed by atoms with Gasteiger partial charge in [-0.05, 0) is 29.9 Å². The molecule has 0 saturated carbocycles. The van der Waals surface area contributed by atoms with Crippen LogP contribution >= 0.6 is 11.8 Å². The molecule has 120 valence electrons. The maximum atomic E-state index is 11.7. The number of rotatable bonds is 7. The number of nitrogens with one attached hydrogen (secondary N) is 2. The summed E-state index contributed by atoms with van der Waals surface area (Å²) in [7, 11) is 0. The van der Waals surface area contributed by atoms with Crippen molar-refractivity contribution in [3.05, 3.63) is 66.2 Å². The van der Waals surface area contributed by atoms with E-state index in [4.69, 9.17) is 0 Å². The molecule has 2 amide bonds. The van der Waals surface area contributed by atoms with E-state index in [1.165, 1.54) is 4.90 Å². The molecule has 0 spiro atoms. The minimum absolute atomic E-state index is 0.167. The molecule has 0 fully saturated rings. The first-order valence-corrected chi connectivity index (χ1v) is 8.52. The van der Waals surface area contributed by atoms with Gasteiger partial charge >= 0.3 is 0 Å². The van der Waals surface area contributed by atoms with E-state index in [0.717, 1.165) is 17.7 Å². The predicted molar refractivity (Wildman–Crippen MR) is 92.8 cm³/mol. The van der Waals surface area contributed by atoms with Gasteiger partial charge in [-0.25, -0.2) is 0 Å². The van der Waals surface area contributed by atoms with Crippen LogP contribution in [0.3, 0.4) is 0 Å². The van der Waals surface area contributed by atoms with E-state index in [0.29, 0.717) is 6.42 Å². The van der Waals surface area contributed by atoms with Crippen molar-refractivity contribution < 1.29 is 9.59 Å². The third kappa shape index (κ3) is 7.02. The molecule has 0 aliphatic heterocycles. The summed E-state index contributed by atoms with van der Waals surface area (Å²) in [5.41, 5.74) is 5.81. The molecule has 0 aliphatic carbocycles. The molecule has 2 aromatic carbocycles. The van der Waals surface area contributed by atoms with Crippen molar-refractivity contribution >= 4 is 23.6 Å². The van der Waals surface area contributed by atoms with Gasteiger partial charge in [0.1, 0.15) is 0 Å². The van der Waals surface area contributed by atoms with Crippen molar-refractivity contribution in [2.75, 3.05) is 5.75 Å². The normalized spacial score (nSPS) is 10.1. The lowest BCUT2D eigenvalue weighted by molar-refractivity contribution is -0.128. The van der Waals surface area contributed by atoms with E-state index in [1.54, 1.807) is 11.8 Å². The summed E-state index contributed by atoms with van der Waals surface area (Å²) >= 11 is 1.72. The lowest BCUT2D eigenvalue weighted by atomic mass is 10.1. The smallest absolute Gasteiger partial charge is 0.242 e. The number of thioether (sulfide) groups is 1. The Balaban J connectivity index is 1.57. The van der Waals surface area contributed by atoms with E-state index in [-0.39, 0.29) is 18.2 Å². The monoisotopic (exact) mass is 328 g/mol. The summed E-state index contributed by atoms with van der Waals surface area (Å²) in [6.45, 7) is 0. The van der Waals surface area contributed by atoms with Gasteiger partial charge in [0.2, 0.25) is 11.8 Å². The molecule has 2 N–H and O–H groups in total. The van der Waals surface area contributed by atoms with Crippen LogP contribution in [0.25, 0.3) is 0 Å². The predicted octanol–water partition coefficient (Wildman–Crippen LogP) is 2.95. The van der Waals surface area contributed by atoms with Crippen molar-refractivity contribution in [3.63, 3.8) is 0 Å². The van der Waals surface area contributed by atoms with Crippen LogP contribution in [0.5, 0.6) is 0 Å². The second-order valence-electron chi connectivity index (χ2n) is 5.02. The van der Waals surface area contributed by atoms with Crippen LogP contribution in [-0.2, 0) is 16.0 Å². The molecule has 5 heteroatoms. The standard InChI is InChI=1S/C18H20N2O2S/c21-17(12-7-13-23-16-10-5-2-6-11-16)19-20-18(22)14-15-8-3-1-4-9-15/h1-6,8-11H,7,12-14H2,(H,19,21)(H,20,22). The SMILES string of the molecule is O=C(CCCSc1ccccc1)NNC(=O)Cc1ccccc1. The zero-order chi connectivity index (χ0) is 16.3. The second-order valence-corrected chi connectivity index (χ2v) is 6.19. The Morgan fingerprint density at radius 2 is 1.43 bits per heavy atom. The zero-order valence-electron chi connectivity index (χ0n) is 12.8. The average molecular weight is 328 g/mol. The first-order chi connectivity index (χ1) is 11.2. The molecule has 0 aromatic heterocycles. The highest BCUT2D eigenvalue weighted by Gasteiger charge is 2.05. The quantitative estimate of drug-likeness (QED) is 0.467. The molecule has 0 bridgehead atoms. The average Bonchev–Trinajstić information content (AvgIpc) is 2.59. The molecule has 0 aliphatic rings. The van der Waals surface area contributed by atoms with Crippen LogP contribution in [0.15, 0.2) is 65.6 Å². The highest BCUT2D eigenvalue weighted by Crippen LogP contribution is 2.18. The topological polar surface area (TPSA) is 58.2 Å². The highest BCUT2D eigenvalue weighted by molar-refractivity contribution is 7.99. The molecule has 2 rings (SSSR count). The Hall–Kier alpha value is -2.27. The number of hydrogen-bond acceptors (Lipinski definition) is 3. The Kier molecular flexibility index (Phi) is 7.20. The van der Waals surface area contributed by atoms with Crippen LogP contribution in [0.1, 0.15) is 18.4 Å². The Bertz CT molecular complexity index is 617. The second kappa shape index (κ2) is 9.69. The molecule has 4 nitrogen and oxygen atoms in total. The van der Waals surface area contributed by atoms with Crippen LogP contribution in [0.4, 0.5) is 0 Å². The molecule has 23 heavy (non-hydrogen) atoms. The molecule has 0 saturated heterocycles. The maximum Gasteiger partial charge on any atom is 0.242 e. The number of benzene rings is 2. The van der Waals surface area contributed by atoms with Gasteiger partial charge in [-0.1, -0.05) is 48.5 Å². The van der Waals surface area contributed by atoms with Crippen molar-refractivity contribution in [1.29, 1.82) is 0 Å². The zero-order valence-corrected chi connectivity index (χ0v) is 13.6. The van der Waals surface area contributed by atoms with Gasteiger partial charge in [-0.3, -0.25) is 20.4 Å². The minimum Gasteiger partial charge on any atom is -0.273 e. The Morgan fingerprint density at radius 1 is 0.826 bits per heavy atom.